The molecule has 8 nitrogen and oxygen atoms in total. The van der Waals surface area contributed by atoms with Crippen molar-refractivity contribution in [2.75, 3.05) is 26.4 Å². The Labute approximate surface area is 198 Å². The van der Waals surface area contributed by atoms with E-state index in [4.69, 9.17) is 14.6 Å². The maximum absolute atomic E-state index is 13.0. The zero-order valence-corrected chi connectivity index (χ0v) is 19.2. The molecular formula is C26H30N2O6. The second-order valence-corrected chi connectivity index (χ2v) is 8.93. The molecule has 0 saturated carbocycles. The molecule has 0 spiro atoms. The highest BCUT2D eigenvalue weighted by atomic mass is 16.5. The second kappa shape index (κ2) is 10.3. The van der Waals surface area contributed by atoms with Crippen molar-refractivity contribution in [2.45, 2.75) is 37.6 Å². The van der Waals surface area contributed by atoms with E-state index in [1.807, 2.05) is 36.4 Å². The number of amides is 2. The number of alkyl carbamates (subject to hydrolysis) is 1. The Morgan fingerprint density at radius 3 is 2.24 bits per heavy atom. The quantitative estimate of drug-likeness (QED) is 0.550. The summed E-state index contributed by atoms with van der Waals surface area (Å²) in [7, 11) is 0. The summed E-state index contributed by atoms with van der Waals surface area (Å²) in [5, 5.41) is 14.6. The van der Waals surface area contributed by atoms with Crippen molar-refractivity contribution in [3.05, 3.63) is 59.7 Å². The van der Waals surface area contributed by atoms with E-state index in [1.54, 1.807) is 6.92 Å². The van der Waals surface area contributed by atoms with Crippen LogP contribution in [-0.2, 0) is 19.1 Å². The van der Waals surface area contributed by atoms with Crippen LogP contribution in [0.25, 0.3) is 11.1 Å². The lowest BCUT2D eigenvalue weighted by molar-refractivity contribution is -0.141. The first-order valence-electron chi connectivity index (χ1n) is 11.6. The van der Waals surface area contributed by atoms with Gasteiger partial charge in [-0.05, 0) is 28.7 Å². The zero-order valence-electron chi connectivity index (χ0n) is 19.2. The lowest BCUT2D eigenvalue weighted by Crippen LogP contribution is -2.61. The second-order valence-electron chi connectivity index (χ2n) is 8.93. The van der Waals surface area contributed by atoms with Gasteiger partial charge in [0.15, 0.2) is 0 Å². The minimum atomic E-state index is -1.15. The molecule has 3 N–H and O–H groups in total. The summed E-state index contributed by atoms with van der Waals surface area (Å²) < 4.78 is 11.0. The fourth-order valence-corrected chi connectivity index (χ4v) is 4.65. The average Bonchev–Trinajstić information content (AvgIpc) is 3.17. The maximum Gasteiger partial charge on any atom is 0.408 e. The predicted octanol–water partition coefficient (Wildman–Crippen LogP) is 3.30. The highest BCUT2D eigenvalue weighted by Crippen LogP contribution is 2.44. The molecule has 2 aliphatic rings. The fourth-order valence-electron chi connectivity index (χ4n) is 4.65. The minimum Gasteiger partial charge on any atom is -0.481 e. The highest BCUT2D eigenvalue weighted by Gasteiger charge is 2.42. The van der Waals surface area contributed by atoms with Gasteiger partial charge < -0.3 is 25.2 Å². The predicted molar refractivity (Wildman–Crippen MR) is 125 cm³/mol. The lowest BCUT2D eigenvalue weighted by Gasteiger charge is -2.36. The molecule has 180 valence electrons. The molecule has 4 rings (SSSR count). The summed E-state index contributed by atoms with van der Waals surface area (Å²) in [6.07, 6.45) is 0.283. The number of carboxylic acid groups (broad SMARTS) is 1. The Bertz CT molecular complexity index is 1020. The molecule has 1 fully saturated rings. The van der Waals surface area contributed by atoms with Crippen LogP contribution in [-0.4, -0.2) is 55.0 Å². The minimum absolute atomic E-state index is 0.0740. The summed E-state index contributed by atoms with van der Waals surface area (Å²) in [5.74, 6) is -1.90. The van der Waals surface area contributed by atoms with Gasteiger partial charge >= 0.3 is 12.1 Å². The van der Waals surface area contributed by atoms with E-state index in [2.05, 4.69) is 22.8 Å². The van der Waals surface area contributed by atoms with Crippen LogP contribution in [0.4, 0.5) is 4.79 Å². The Kier molecular flexibility index (Phi) is 7.17. The van der Waals surface area contributed by atoms with Crippen LogP contribution in [0.15, 0.2) is 48.5 Å². The molecule has 1 heterocycles. The number of hydrogen-bond acceptors (Lipinski definition) is 5. The van der Waals surface area contributed by atoms with Gasteiger partial charge in [0, 0.05) is 38.5 Å². The molecule has 34 heavy (non-hydrogen) atoms. The summed E-state index contributed by atoms with van der Waals surface area (Å²) in [5.41, 5.74) is 3.36. The van der Waals surface area contributed by atoms with Gasteiger partial charge in [-0.25, -0.2) is 4.79 Å². The van der Waals surface area contributed by atoms with E-state index in [-0.39, 0.29) is 25.0 Å². The van der Waals surface area contributed by atoms with E-state index < -0.39 is 23.5 Å². The largest absolute Gasteiger partial charge is 0.481 e. The molecule has 2 amide bonds. The van der Waals surface area contributed by atoms with Gasteiger partial charge in [0.05, 0.1) is 5.92 Å². The number of ether oxygens (including phenoxy) is 2. The van der Waals surface area contributed by atoms with Crippen LogP contribution >= 0.6 is 0 Å². The molecule has 1 saturated heterocycles. The van der Waals surface area contributed by atoms with Crippen molar-refractivity contribution < 1.29 is 29.0 Å². The molecular weight excluding hydrogens is 436 g/mol. The highest BCUT2D eigenvalue weighted by molar-refractivity contribution is 5.90. The van der Waals surface area contributed by atoms with E-state index >= 15 is 0 Å². The number of carbonyl (C=O) groups excluding carboxylic acids is 2. The van der Waals surface area contributed by atoms with Gasteiger partial charge in [0.2, 0.25) is 5.91 Å². The number of aliphatic carboxylic acids is 1. The third kappa shape index (κ3) is 4.92. The molecule has 1 aliphatic carbocycles. The van der Waals surface area contributed by atoms with Crippen LogP contribution in [0.2, 0.25) is 0 Å². The molecule has 1 unspecified atom stereocenters. The summed E-state index contributed by atoms with van der Waals surface area (Å²) >= 11 is 0. The summed E-state index contributed by atoms with van der Waals surface area (Å²) in [6.45, 7) is 2.63. The van der Waals surface area contributed by atoms with Crippen LogP contribution in [0.3, 0.4) is 0 Å². The van der Waals surface area contributed by atoms with E-state index in [0.29, 0.717) is 32.5 Å². The third-order valence-corrected chi connectivity index (χ3v) is 6.75. The Morgan fingerprint density at radius 2 is 1.65 bits per heavy atom. The van der Waals surface area contributed by atoms with Crippen molar-refractivity contribution in [2.24, 2.45) is 5.92 Å². The molecule has 2 aromatic carbocycles. The first-order valence-corrected chi connectivity index (χ1v) is 11.6. The third-order valence-electron chi connectivity index (χ3n) is 6.75. The van der Waals surface area contributed by atoms with Gasteiger partial charge in [0.1, 0.15) is 12.1 Å². The Morgan fingerprint density at radius 1 is 1.06 bits per heavy atom. The van der Waals surface area contributed by atoms with Gasteiger partial charge in [-0.1, -0.05) is 55.5 Å². The maximum atomic E-state index is 13.0. The number of rotatable bonds is 8. The van der Waals surface area contributed by atoms with Crippen molar-refractivity contribution in [3.8, 4) is 11.1 Å². The van der Waals surface area contributed by atoms with E-state index in [9.17, 15) is 14.4 Å². The smallest absolute Gasteiger partial charge is 0.408 e. The number of fused-ring (bicyclic) bond motifs is 3. The summed E-state index contributed by atoms with van der Waals surface area (Å²) in [6, 6.07) is 16.2. The van der Waals surface area contributed by atoms with Crippen LogP contribution in [0.5, 0.6) is 0 Å². The van der Waals surface area contributed by atoms with Crippen LogP contribution < -0.4 is 10.6 Å². The normalized spacial score (nSPS) is 17.2. The SMILES string of the molecule is CC(CCNC(=O)C1(NC(=O)OCC2c3ccccc3-c3ccccc32)CCOCC1)C(=O)O. The molecule has 2 aromatic rings. The molecule has 1 atom stereocenters. The standard InChI is InChI=1S/C26H30N2O6/c1-17(23(29)30)10-13-27-24(31)26(11-14-33-15-12-26)28-25(32)34-16-22-20-8-4-2-6-18(20)19-7-3-5-9-21(19)22/h2-9,17,22H,10-16H2,1H3,(H,27,31)(H,28,32)(H,29,30). The first-order chi connectivity index (χ1) is 16.4. The Balaban J connectivity index is 1.40. The first kappa shape index (κ1) is 23.8. The van der Waals surface area contributed by atoms with Gasteiger partial charge in [-0.3, -0.25) is 9.59 Å². The number of nitrogens with one attached hydrogen (secondary N) is 2. The number of benzene rings is 2. The Hall–Kier alpha value is -3.39. The molecule has 0 radical (unpaired) electrons. The average molecular weight is 467 g/mol. The number of hydrogen-bond donors (Lipinski definition) is 3. The van der Waals surface area contributed by atoms with E-state index in [1.165, 1.54) is 0 Å². The summed E-state index contributed by atoms with van der Waals surface area (Å²) in [4.78, 5) is 36.9. The zero-order chi connectivity index (χ0) is 24.1. The van der Waals surface area contributed by atoms with Gasteiger partial charge in [0.25, 0.3) is 0 Å². The molecule has 8 heteroatoms. The number of carboxylic acids is 1. The van der Waals surface area contributed by atoms with Crippen LogP contribution in [0.1, 0.15) is 43.2 Å². The monoisotopic (exact) mass is 466 g/mol. The van der Waals surface area contributed by atoms with E-state index in [0.717, 1.165) is 22.3 Å². The molecule has 1 aliphatic heterocycles. The van der Waals surface area contributed by atoms with Gasteiger partial charge in [-0.15, -0.1) is 0 Å². The van der Waals surface area contributed by atoms with Crippen molar-refractivity contribution >= 4 is 18.0 Å². The topological polar surface area (TPSA) is 114 Å². The van der Waals surface area contributed by atoms with Crippen molar-refractivity contribution in [1.29, 1.82) is 0 Å². The molecule has 0 bridgehead atoms. The number of carbonyl (C=O) groups is 3. The van der Waals surface area contributed by atoms with Crippen molar-refractivity contribution in [1.82, 2.24) is 10.6 Å². The molecule has 0 aromatic heterocycles. The van der Waals surface area contributed by atoms with Crippen molar-refractivity contribution in [3.63, 3.8) is 0 Å². The fraction of sp³-hybridized carbons (Fsp3) is 0.423. The lowest BCUT2D eigenvalue weighted by atomic mass is 9.89. The van der Waals surface area contributed by atoms with Gasteiger partial charge in [-0.2, -0.15) is 0 Å². The van der Waals surface area contributed by atoms with Crippen LogP contribution in [0, 0.1) is 5.92 Å².